The molecule has 21 heavy (non-hydrogen) atoms. The maximum atomic E-state index is 11.0. The number of nitrogens with zero attached hydrogens (tertiary/aromatic N) is 3. The van der Waals surface area contributed by atoms with Crippen LogP contribution in [-0.2, 0) is 6.54 Å². The molecule has 0 atom stereocenters. The summed E-state index contributed by atoms with van der Waals surface area (Å²) in [4.78, 5) is 17.4. The van der Waals surface area contributed by atoms with Crippen LogP contribution in [0.3, 0.4) is 0 Å². The van der Waals surface area contributed by atoms with Gasteiger partial charge in [0.1, 0.15) is 0 Å². The van der Waals surface area contributed by atoms with E-state index in [-0.39, 0.29) is 5.89 Å². The zero-order valence-electron chi connectivity index (χ0n) is 11.8. The lowest BCUT2D eigenvalue weighted by Crippen LogP contribution is -2.29. The maximum absolute atomic E-state index is 11.0. The second-order valence-corrected chi connectivity index (χ2v) is 5.32. The van der Waals surface area contributed by atoms with Crippen LogP contribution in [-0.4, -0.2) is 34.0 Å². The fourth-order valence-electron chi connectivity index (χ4n) is 2.63. The molecule has 0 spiro atoms. The number of amides is 1. The van der Waals surface area contributed by atoms with E-state index >= 15 is 0 Å². The van der Waals surface area contributed by atoms with Gasteiger partial charge in [0.15, 0.2) is 0 Å². The van der Waals surface area contributed by atoms with Crippen LogP contribution in [0.2, 0.25) is 0 Å². The summed E-state index contributed by atoms with van der Waals surface area (Å²) in [5.41, 5.74) is 7.16. The molecule has 3 rings (SSSR count). The summed E-state index contributed by atoms with van der Waals surface area (Å²) in [6, 6.07) is 7.99. The molecule has 1 aromatic heterocycles. The molecule has 1 saturated heterocycles. The van der Waals surface area contributed by atoms with E-state index in [1.54, 1.807) is 0 Å². The summed E-state index contributed by atoms with van der Waals surface area (Å²) in [7, 11) is 0. The SMILES string of the molecule is NC(=O)c1nc(-c2cccc(CN3CCCCC3)c2)no1. The third-order valence-corrected chi connectivity index (χ3v) is 3.68. The van der Waals surface area contributed by atoms with Gasteiger partial charge in [-0.1, -0.05) is 29.8 Å². The van der Waals surface area contributed by atoms with Gasteiger partial charge < -0.3 is 10.3 Å². The van der Waals surface area contributed by atoms with Gasteiger partial charge in [0.25, 0.3) is 0 Å². The molecule has 1 aromatic carbocycles. The molecule has 6 nitrogen and oxygen atoms in total. The van der Waals surface area contributed by atoms with E-state index in [1.807, 2.05) is 18.2 Å². The fourth-order valence-corrected chi connectivity index (χ4v) is 2.63. The van der Waals surface area contributed by atoms with E-state index in [0.717, 1.165) is 25.2 Å². The van der Waals surface area contributed by atoms with E-state index in [1.165, 1.54) is 24.8 Å². The topological polar surface area (TPSA) is 85.3 Å². The van der Waals surface area contributed by atoms with Gasteiger partial charge >= 0.3 is 11.8 Å². The van der Waals surface area contributed by atoms with Crippen molar-refractivity contribution in [1.82, 2.24) is 15.0 Å². The normalized spacial score (nSPS) is 16.0. The van der Waals surface area contributed by atoms with Crippen LogP contribution >= 0.6 is 0 Å². The van der Waals surface area contributed by atoms with Crippen molar-refractivity contribution in [3.63, 3.8) is 0 Å². The smallest absolute Gasteiger partial charge is 0.316 e. The number of aromatic nitrogens is 2. The molecule has 1 aliphatic rings. The zero-order valence-corrected chi connectivity index (χ0v) is 11.8. The van der Waals surface area contributed by atoms with Gasteiger partial charge in [-0.2, -0.15) is 4.98 Å². The van der Waals surface area contributed by atoms with Crippen LogP contribution in [0.5, 0.6) is 0 Å². The molecule has 1 fully saturated rings. The number of carbonyl (C=O) groups is 1. The predicted molar refractivity (Wildman–Crippen MR) is 77.4 cm³/mol. The first-order chi connectivity index (χ1) is 10.2. The average molecular weight is 286 g/mol. The number of benzene rings is 1. The number of carbonyl (C=O) groups excluding carboxylic acids is 1. The number of piperidine rings is 1. The molecule has 0 radical (unpaired) electrons. The molecular weight excluding hydrogens is 268 g/mol. The minimum absolute atomic E-state index is 0.161. The molecule has 0 bridgehead atoms. The first kappa shape index (κ1) is 13.8. The first-order valence-electron chi connectivity index (χ1n) is 7.17. The van der Waals surface area contributed by atoms with Crippen LogP contribution in [0.15, 0.2) is 28.8 Å². The minimum atomic E-state index is -0.710. The van der Waals surface area contributed by atoms with E-state index in [9.17, 15) is 4.79 Å². The van der Waals surface area contributed by atoms with E-state index < -0.39 is 5.91 Å². The van der Waals surface area contributed by atoms with Crippen LogP contribution in [0.4, 0.5) is 0 Å². The zero-order chi connectivity index (χ0) is 14.7. The molecule has 1 aliphatic heterocycles. The largest absolute Gasteiger partial charge is 0.361 e. The molecule has 0 saturated carbocycles. The lowest BCUT2D eigenvalue weighted by Gasteiger charge is -2.26. The van der Waals surface area contributed by atoms with Crippen molar-refractivity contribution in [3.8, 4) is 11.4 Å². The predicted octanol–water partition coefficient (Wildman–Crippen LogP) is 1.82. The van der Waals surface area contributed by atoms with Gasteiger partial charge in [0.05, 0.1) is 0 Å². The van der Waals surface area contributed by atoms with Crippen molar-refractivity contribution >= 4 is 5.91 Å². The number of hydrogen-bond acceptors (Lipinski definition) is 5. The van der Waals surface area contributed by atoms with Gasteiger partial charge in [0.2, 0.25) is 5.82 Å². The lowest BCUT2D eigenvalue weighted by molar-refractivity contribution is 0.0958. The van der Waals surface area contributed by atoms with E-state index in [4.69, 9.17) is 10.3 Å². The van der Waals surface area contributed by atoms with Gasteiger partial charge in [-0.15, -0.1) is 0 Å². The van der Waals surface area contributed by atoms with Crippen molar-refractivity contribution in [2.45, 2.75) is 25.8 Å². The highest BCUT2D eigenvalue weighted by molar-refractivity contribution is 5.88. The van der Waals surface area contributed by atoms with E-state index in [0.29, 0.717) is 5.82 Å². The van der Waals surface area contributed by atoms with Crippen LogP contribution in [0.25, 0.3) is 11.4 Å². The molecule has 2 aromatic rings. The maximum Gasteiger partial charge on any atom is 0.316 e. The monoisotopic (exact) mass is 286 g/mol. The van der Waals surface area contributed by atoms with E-state index in [2.05, 4.69) is 21.1 Å². The van der Waals surface area contributed by atoms with Gasteiger partial charge in [0, 0.05) is 12.1 Å². The Balaban J connectivity index is 1.76. The summed E-state index contributed by atoms with van der Waals surface area (Å²) >= 11 is 0. The summed E-state index contributed by atoms with van der Waals surface area (Å²) in [5.74, 6) is -0.478. The minimum Gasteiger partial charge on any atom is -0.361 e. The van der Waals surface area contributed by atoms with Crippen molar-refractivity contribution in [2.75, 3.05) is 13.1 Å². The first-order valence-corrected chi connectivity index (χ1v) is 7.17. The molecular formula is C15H18N4O2. The Morgan fingerprint density at radius 3 is 2.81 bits per heavy atom. The Labute approximate surface area is 122 Å². The van der Waals surface area contributed by atoms with Crippen molar-refractivity contribution < 1.29 is 9.32 Å². The van der Waals surface area contributed by atoms with Gasteiger partial charge in [-0.05, 0) is 37.6 Å². The highest BCUT2D eigenvalue weighted by Gasteiger charge is 2.14. The summed E-state index contributed by atoms with van der Waals surface area (Å²) in [6.07, 6.45) is 3.87. The van der Waals surface area contributed by atoms with Gasteiger partial charge in [-0.25, -0.2) is 0 Å². The number of likely N-dealkylation sites (tertiary alicyclic amines) is 1. The van der Waals surface area contributed by atoms with Crippen LogP contribution in [0, 0.1) is 0 Å². The van der Waals surface area contributed by atoms with Crippen molar-refractivity contribution in [1.29, 1.82) is 0 Å². The summed E-state index contributed by atoms with van der Waals surface area (Å²) in [6.45, 7) is 3.23. The molecule has 0 aliphatic carbocycles. The van der Waals surface area contributed by atoms with Crippen LogP contribution < -0.4 is 5.73 Å². The van der Waals surface area contributed by atoms with Crippen molar-refractivity contribution in [2.24, 2.45) is 5.73 Å². The Hall–Kier alpha value is -2.21. The summed E-state index contributed by atoms with van der Waals surface area (Å²) in [5, 5.41) is 3.80. The number of hydrogen-bond donors (Lipinski definition) is 1. The van der Waals surface area contributed by atoms with Crippen molar-refractivity contribution in [3.05, 3.63) is 35.7 Å². The highest BCUT2D eigenvalue weighted by atomic mass is 16.5. The average Bonchev–Trinajstić information content (AvgIpc) is 2.99. The van der Waals surface area contributed by atoms with Gasteiger partial charge in [-0.3, -0.25) is 9.69 Å². The lowest BCUT2D eigenvalue weighted by atomic mass is 10.1. The molecule has 1 amide bonds. The molecule has 2 heterocycles. The summed E-state index contributed by atoms with van der Waals surface area (Å²) < 4.78 is 4.82. The molecule has 2 N–H and O–H groups in total. The molecule has 110 valence electrons. The highest BCUT2D eigenvalue weighted by Crippen LogP contribution is 2.19. The Morgan fingerprint density at radius 2 is 2.10 bits per heavy atom. The number of rotatable bonds is 4. The third-order valence-electron chi connectivity index (χ3n) is 3.68. The Bertz CT molecular complexity index is 632. The molecule has 0 unspecified atom stereocenters. The van der Waals surface area contributed by atoms with Crippen LogP contribution in [0.1, 0.15) is 35.5 Å². The third kappa shape index (κ3) is 3.28. The fraction of sp³-hybridized carbons (Fsp3) is 0.400. The standard InChI is InChI=1S/C15H18N4O2/c16-13(20)15-17-14(18-21-15)12-6-4-5-11(9-12)10-19-7-2-1-3-8-19/h4-6,9H,1-3,7-8,10H2,(H2,16,20). The second-order valence-electron chi connectivity index (χ2n) is 5.32. The Kier molecular flexibility index (Phi) is 3.96. The number of nitrogens with two attached hydrogens (primary N) is 1. The Morgan fingerprint density at radius 1 is 1.29 bits per heavy atom. The molecule has 6 heteroatoms. The second kappa shape index (κ2) is 6.05. The quantitative estimate of drug-likeness (QED) is 0.926. The number of primary amides is 1.